The molecule has 1 fully saturated rings. The van der Waals surface area contributed by atoms with Crippen LogP contribution in [0.15, 0.2) is 29.1 Å². The molecule has 1 amide bonds. The number of nitrogens with zero attached hydrogens (tertiary/aromatic N) is 1. The van der Waals surface area contributed by atoms with Crippen LogP contribution in [0.5, 0.6) is 11.5 Å². The fourth-order valence-electron chi connectivity index (χ4n) is 3.03. The number of rotatable bonds is 10. The number of nitrogens with one attached hydrogen (secondary N) is 3. The Morgan fingerprint density at radius 3 is 2.72 bits per heavy atom. The van der Waals surface area contributed by atoms with Crippen LogP contribution < -0.4 is 25.7 Å². The zero-order valence-corrected chi connectivity index (χ0v) is 17.4. The van der Waals surface area contributed by atoms with Gasteiger partial charge in [0.2, 0.25) is 5.91 Å². The highest BCUT2D eigenvalue weighted by atomic mass is 32.1. The molecule has 1 aromatic carbocycles. The third-order valence-corrected chi connectivity index (χ3v) is 5.10. The summed E-state index contributed by atoms with van der Waals surface area (Å²) >= 11 is 5.31. The maximum absolute atomic E-state index is 12.4. The van der Waals surface area contributed by atoms with Gasteiger partial charge in [0.15, 0.2) is 4.77 Å². The van der Waals surface area contributed by atoms with E-state index in [1.165, 1.54) is 26.0 Å². The van der Waals surface area contributed by atoms with Crippen molar-refractivity contribution in [2.45, 2.75) is 19.4 Å². The van der Waals surface area contributed by atoms with Crippen LogP contribution in [0.25, 0.3) is 11.3 Å². The first-order valence-electron chi connectivity index (χ1n) is 9.55. The molecule has 1 heterocycles. The summed E-state index contributed by atoms with van der Waals surface area (Å²) in [5, 5.41) is 6.21. The van der Waals surface area contributed by atoms with E-state index in [9.17, 15) is 9.59 Å². The molecule has 1 aliphatic carbocycles. The number of ether oxygens (including phenoxy) is 2. The van der Waals surface area contributed by atoms with E-state index in [2.05, 4.69) is 15.6 Å². The van der Waals surface area contributed by atoms with Crippen LogP contribution in [-0.4, -0.2) is 49.3 Å². The fraction of sp³-hybridized carbons (Fsp3) is 0.450. The number of hydrogen-bond acceptors (Lipinski definition) is 6. The Morgan fingerprint density at radius 2 is 2.03 bits per heavy atom. The molecule has 3 rings (SSSR count). The van der Waals surface area contributed by atoms with E-state index in [1.807, 2.05) is 0 Å². The van der Waals surface area contributed by atoms with Crippen molar-refractivity contribution in [3.8, 4) is 22.8 Å². The molecule has 3 N–H and O–H groups in total. The third-order valence-electron chi connectivity index (χ3n) is 4.77. The average molecular weight is 419 g/mol. The highest BCUT2D eigenvalue weighted by Gasteiger charge is 2.20. The van der Waals surface area contributed by atoms with Crippen molar-refractivity contribution in [2.75, 3.05) is 33.9 Å². The van der Waals surface area contributed by atoms with E-state index >= 15 is 0 Å². The molecule has 1 aromatic heterocycles. The number of benzene rings is 1. The van der Waals surface area contributed by atoms with Crippen LogP contribution in [0.1, 0.15) is 12.8 Å². The SMILES string of the molecule is COc1ccc(-c2cc(=O)[nH]c(=S)n2CC(=O)NCCNCC2CC2)c(OC)c1. The minimum atomic E-state index is -0.344. The monoisotopic (exact) mass is 418 g/mol. The second-order valence-corrected chi connectivity index (χ2v) is 7.36. The van der Waals surface area contributed by atoms with Gasteiger partial charge >= 0.3 is 0 Å². The third kappa shape index (κ3) is 5.68. The van der Waals surface area contributed by atoms with Crippen molar-refractivity contribution in [1.29, 1.82) is 0 Å². The summed E-state index contributed by atoms with van der Waals surface area (Å²) in [6, 6.07) is 6.66. The maximum Gasteiger partial charge on any atom is 0.252 e. The second kappa shape index (κ2) is 9.71. The molecule has 2 aromatic rings. The van der Waals surface area contributed by atoms with Gasteiger partial charge in [-0.3, -0.25) is 14.6 Å². The molecule has 1 aliphatic rings. The van der Waals surface area contributed by atoms with E-state index in [-0.39, 0.29) is 22.8 Å². The predicted octanol–water partition coefficient (Wildman–Crippen LogP) is 1.71. The molecular formula is C20H26N4O4S. The van der Waals surface area contributed by atoms with Crippen molar-refractivity contribution in [3.63, 3.8) is 0 Å². The number of aromatic amines is 1. The zero-order chi connectivity index (χ0) is 20.8. The molecule has 0 unspecified atom stereocenters. The highest BCUT2D eigenvalue weighted by molar-refractivity contribution is 7.71. The molecule has 0 saturated heterocycles. The molecule has 1 saturated carbocycles. The van der Waals surface area contributed by atoms with Gasteiger partial charge in [-0.1, -0.05) is 0 Å². The number of carbonyl (C=O) groups is 1. The lowest BCUT2D eigenvalue weighted by Crippen LogP contribution is -2.35. The predicted molar refractivity (Wildman–Crippen MR) is 113 cm³/mol. The van der Waals surface area contributed by atoms with Gasteiger partial charge in [0.25, 0.3) is 5.56 Å². The molecule has 0 spiro atoms. The summed E-state index contributed by atoms with van der Waals surface area (Å²) in [4.78, 5) is 27.1. The number of aromatic nitrogens is 2. The van der Waals surface area contributed by atoms with Crippen LogP contribution in [0.2, 0.25) is 0 Å². The van der Waals surface area contributed by atoms with Crippen molar-refractivity contribution in [2.24, 2.45) is 5.92 Å². The lowest BCUT2D eigenvalue weighted by atomic mass is 10.1. The Kier molecular flexibility index (Phi) is 7.05. The van der Waals surface area contributed by atoms with Crippen molar-refractivity contribution in [1.82, 2.24) is 20.2 Å². The highest BCUT2D eigenvalue weighted by Crippen LogP contribution is 2.32. The summed E-state index contributed by atoms with van der Waals surface area (Å²) < 4.78 is 12.4. The molecule has 29 heavy (non-hydrogen) atoms. The normalized spacial score (nSPS) is 13.2. The zero-order valence-electron chi connectivity index (χ0n) is 16.6. The Labute approximate surface area is 174 Å². The van der Waals surface area contributed by atoms with Crippen LogP contribution in [-0.2, 0) is 11.3 Å². The minimum Gasteiger partial charge on any atom is -0.497 e. The van der Waals surface area contributed by atoms with Gasteiger partial charge in [0, 0.05) is 30.8 Å². The second-order valence-electron chi connectivity index (χ2n) is 6.97. The molecule has 156 valence electrons. The molecule has 0 atom stereocenters. The van der Waals surface area contributed by atoms with Gasteiger partial charge in [-0.15, -0.1) is 0 Å². The first kappa shape index (κ1) is 21.1. The first-order chi connectivity index (χ1) is 14.0. The number of amides is 1. The van der Waals surface area contributed by atoms with Crippen molar-refractivity contribution in [3.05, 3.63) is 39.4 Å². The summed E-state index contributed by atoms with van der Waals surface area (Å²) in [7, 11) is 3.10. The molecule has 0 aliphatic heterocycles. The number of carbonyl (C=O) groups excluding carboxylic acids is 1. The Bertz CT molecular complexity index is 981. The van der Waals surface area contributed by atoms with Crippen LogP contribution >= 0.6 is 12.2 Å². The number of H-pyrrole nitrogens is 1. The Morgan fingerprint density at radius 1 is 1.24 bits per heavy atom. The van der Waals surface area contributed by atoms with Crippen LogP contribution in [0.4, 0.5) is 0 Å². The van der Waals surface area contributed by atoms with Gasteiger partial charge in [-0.2, -0.15) is 0 Å². The summed E-state index contributed by atoms with van der Waals surface area (Å²) in [5.74, 6) is 1.75. The van der Waals surface area contributed by atoms with E-state index in [0.29, 0.717) is 29.3 Å². The quantitative estimate of drug-likeness (QED) is 0.401. The topological polar surface area (TPSA) is 97.4 Å². The van der Waals surface area contributed by atoms with E-state index in [0.717, 1.165) is 19.0 Å². The lowest BCUT2D eigenvalue weighted by molar-refractivity contribution is -0.121. The van der Waals surface area contributed by atoms with Gasteiger partial charge in [-0.25, -0.2) is 0 Å². The Balaban J connectivity index is 1.77. The number of hydrogen-bond donors (Lipinski definition) is 3. The molecular weight excluding hydrogens is 392 g/mol. The van der Waals surface area contributed by atoms with E-state index in [4.69, 9.17) is 21.7 Å². The molecule has 0 radical (unpaired) electrons. The lowest BCUT2D eigenvalue weighted by Gasteiger charge is -2.16. The summed E-state index contributed by atoms with van der Waals surface area (Å²) in [6.45, 7) is 2.24. The molecule has 8 nitrogen and oxygen atoms in total. The van der Waals surface area contributed by atoms with Crippen LogP contribution in [0, 0.1) is 10.7 Å². The standard InChI is InChI=1S/C20H26N4O4S/c1-27-14-5-6-15(17(9-14)28-2)16-10-18(25)23-20(29)24(16)12-19(26)22-8-7-21-11-13-3-4-13/h5-6,9-10,13,21H,3-4,7-8,11-12H2,1-2H3,(H,22,26)(H,23,25,29). The maximum atomic E-state index is 12.4. The van der Waals surface area contributed by atoms with Gasteiger partial charge < -0.3 is 24.7 Å². The average Bonchev–Trinajstić information content (AvgIpc) is 3.53. The first-order valence-corrected chi connectivity index (χ1v) is 9.96. The van der Waals surface area contributed by atoms with Gasteiger partial charge in [0.1, 0.15) is 18.0 Å². The van der Waals surface area contributed by atoms with E-state index < -0.39 is 0 Å². The van der Waals surface area contributed by atoms with Gasteiger partial charge in [0.05, 0.1) is 19.9 Å². The number of methoxy groups -OCH3 is 2. The van der Waals surface area contributed by atoms with Crippen LogP contribution in [0.3, 0.4) is 0 Å². The summed E-state index contributed by atoms with van der Waals surface area (Å²) in [6.07, 6.45) is 2.59. The minimum absolute atomic E-state index is 0.0112. The fourth-order valence-corrected chi connectivity index (χ4v) is 3.29. The smallest absolute Gasteiger partial charge is 0.252 e. The largest absolute Gasteiger partial charge is 0.497 e. The molecule has 9 heteroatoms. The molecule has 0 bridgehead atoms. The van der Waals surface area contributed by atoms with Crippen molar-refractivity contribution < 1.29 is 14.3 Å². The van der Waals surface area contributed by atoms with E-state index in [1.54, 1.807) is 29.9 Å². The Hall–Kier alpha value is -2.65. The summed E-state index contributed by atoms with van der Waals surface area (Å²) in [5.41, 5.74) is 0.800. The van der Waals surface area contributed by atoms with Gasteiger partial charge in [-0.05, 0) is 49.7 Å². The van der Waals surface area contributed by atoms with Crippen molar-refractivity contribution >= 4 is 18.1 Å².